The zero-order valence-corrected chi connectivity index (χ0v) is 11.9. The van der Waals surface area contributed by atoms with Gasteiger partial charge in [0.2, 0.25) is 0 Å². The lowest BCUT2D eigenvalue weighted by Crippen LogP contribution is -2.29. The van der Waals surface area contributed by atoms with Crippen molar-refractivity contribution in [2.24, 2.45) is 0 Å². The Labute approximate surface area is 121 Å². The molecule has 0 aromatic heterocycles. The SMILES string of the molecule is [O]Cc1ccccc1.c1ccc(N2CCCCC2)cc1. The zero-order chi connectivity index (χ0) is 14.0. The minimum atomic E-state index is -0.110. The Morgan fingerprint density at radius 3 is 1.80 bits per heavy atom. The van der Waals surface area contributed by atoms with E-state index in [1.54, 1.807) is 0 Å². The van der Waals surface area contributed by atoms with Crippen LogP contribution in [0.15, 0.2) is 60.7 Å². The fraction of sp³-hybridized carbons (Fsp3) is 0.333. The lowest BCUT2D eigenvalue weighted by atomic mass is 10.1. The Bertz CT molecular complexity index is 463. The second kappa shape index (κ2) is 8.39. The molecular formula is C18H22NO. The van der Waals surface area contributed by atoms with Crippen molar-refractivity contribution in [1.82, 2.24) is 0 Å². The lowest BCUT2D eigenvalue weighted by Gasteiger charge is -2.28. The highest BCUT2D eigenvalue weighted by molar-refractivity contribution is 5.46. The van der Waals surface area contributed by atoms with Crippen molar-refractivity contribution < 1.29 is 5.11 Å². The molecule has 20 heavy (non-hydrogen) atoms. The van der Waals surface area contributed by atoms with Crippen LogP contribution >= 0.6 is 0 Å². The van der Waals surface area contributed by atoms with Gasteiger partial charge in [0.25, 0.3) is 0 Å². The third-order valence-electron chi connectivity index (χ3n) is 3.49. The Balaban J connectivity index is 0.000000160. The Morgan fingerprint density at radius 2 is 1.30 bits per heavy atom. The molecule has 2 aromatic carbocycles. The molecule has 1 saturated heterocycles. The highest BCUT2D eigenvalue weighted by Crippen LogP contribution is 2.18. The number of hydrogen-bond acceptors (Lipinski definition) is 1. The fourth-order valence-corrected chi connectivity index (χ4v) is 2.37. The first-order chi connectivity index (χ1) is 9.90. The van der Waals surface area contributed by atoms with Gasteiger partial charge in [-0.15, -0.1) is 0 Å². The second-order valence-electron chi connectivity index (χ2n) is 5.01. The van der Waals surface area contributed by atoms with E-state index < -0.39 is 0 Å². The molecule has 1 radical (unpaired) electrons. The van der Waals surface area contributed by atoms with Crippen molar-refractivity contribution >= 4 is 5.69 Å². The molecule has 1 aliphatic heterocycles. The highest BCUT2D eigenvalue weighted by Gasteiger charge is 2.09. The first-order valence-electron chi connectivity index (χ1n) is 7.32. The molecule has 0 N–H and O–H groups in total. The van der Waals surface area contributed by atoms with Gasteiger partial charge >= 0.3 is 0 Å². The topological polar surface area (TPSA) is 23.1 Å². The summed E-state index contributed by atoms with van der Waals surface area (Å²) in [4.78, 5) is 2.48. The predicted octanol–water partition coefficient (Wildman–Crippen LogP) is 4.29. The van der Waals surface area contributed by atoms with Gasteiger partial charge in [-0.1, -0.05) is 48.5 Å². The monoisotopic (exact) mass is 268 g/mol. The van der Waals surface area contributed by atoms with Gasteiger partial charge in [0.05, 0.1) is 0 Å². The van der Waals surface area contributed by atoms with E-state index in [1.807, 2.05) is 30.3 Å². The van der Waals surface area contributed by atoms with E-state index in [4.69, 9.17) is 0 Å². The van der Waals surface area contributed by atoms with E-state index in [-0.39, 0.29) is 6.61 Å². The van der Waals surface area contributed by atoms with Crippen molar-refractivity contribution in [2.75, 3.05) is 18.0 Å². The number of hydrogen-bond donors (Lipinski definition) is 0. The molecule has 1 heterocycles. The summed E-state index contributed by atoms with van der Waals surface area (Å²) < 4.78 is 0. The van der Waals surface area contributed by atoms with E-state index in [2.05, 4.69) is 35.2 Å². The molecule has 105 valence electrons. The average Bonchev–Trinajstić information content (AvgIpc) is 2.58. The van der Waals surface area contributed by atoms with Crippen LogP contribution < -0.4 is 4.90 Å². The minimum absolute atomic E-state index is 0.110. The summed E-state index contributed by atoms with van der Waals surface area (Å²) in [7, 11) is 0. The van der Waals surface area contributed by atoms with Crippen LogP contribution in [0.2, 0.25) is 0 Å². The fourth-order valence-electron chi connectivity index (χ4n) is 2.37. The van der Waals surface area contributed by atoms with Crippen LogP contribution in [-0.4, -0.2) is 13.1 Å². The van der Waals surface area contributed by atoms with E-state index in [9.17, 15) is 5.11 Å². The smallest absolute Gasteiger partial charge is 0.107 e. The maximum absolute atomic E-state index is 10.1. The van der Waals surface area contributed by atoms with Gasteiger partial charge < -0.3 is 4.90 Å². The van der Waals surface area contributed by atoms with Crippen LogP contribution in [0, 0.1) is 0 Å². The van der Waals surface area contributed by atoms with Crippen LogP contribution in [0.1, 0.15) is 24.8 Å². The predicted molar refractivity (Wildman–Crippen MR) is 83.3 cm³/mol. The third kappa shape index (κ3) is 4.71. The summed E-state index contributed by atoms with van der Waals surface area (Å²) in [5, 5.41) is 10.1. The van der Waals surface area contributed by atoms with Gasteiger partial charge in [0.1, 0.15) is 6.61 Å². The molecular weight excluding hydrogens is 246 g/mol. The van der Waals surface area contributed by atoms with Gasteiger partial charge in [0, 0.05) is 18.8 Å². The van der Waals surface area contributed by atoms with Crippen LogP contribution in [0.5, 0.6) is 0 Å². The number of anilines is 1. The molecule has 0 atom stereocenters. The number of rotatable bonds is 2. The van der Waals surface area contributed by atoms with Crippen LogP contribution in [0.25, 0.3) is 0 Å². The van der Waals surface area contributed by atoms with Crippen molar-refractivity contribution in [2.45, 2.75) is 25.9 Å². The molecule has 0 bridgehead atoms. The number of benzene rings is 2. The Kier molecular flexibility index (Phi) is 6.12. The Morgan fingerprint density at radius 1 is 0.750 bits per heavy atom. The lowest BCUT2D eigenvalue weighted by molar-refractivity contribution is 0.177. The van der Waals surface area contributed by atoms with E-state index in [0.29, 0.717) is 0 Å². The van der Waals surface area contributed by atoms with Gasteiger partial charge in [-0.25, -0.2) is 5.11 Å². The summed E-state index contributed by atoms with van der Waals surface area (Å²) in [6.07, 6.45) is 4.12. The molecule has 0 spiro atoms. The van der Waals surface area contributed by atoms with Gasteiger partial charge in [-0.05, 0) is 37.0 Å². The summed E-state index contributed by atoms with van der Waals surface area (Å²) in [6.45, 7) is 2.37. The minimum Gasteiger partial charge on any atom is -0.372 e. The maximum atomic E-state index is 10.1. The maximum Gasteiger partial charge on any atom is 0.107 e. The van der Waals surface area contributed by atoms with E-state index in [1.165, 1.54) is 38.0 Å². The van der Waals surface area contributed by atoms with Gasteiger partial charge in [0.15, 0.2) is 0 Å². The van der Waals surface area contributed by atoms with Crippen LogP contribution in [0.3, 0.4) is 0 Å². The normalized spacial score (nSPS) is 14.3. The number of piperidine rings is 1. The molecule has 0 unspecified atom stereocenters. The molecule has 2 heteroatoms. The molecule has 2 aromatic rings. The van der Waals surface area contributed by atoms with Crippen molar-refractivity contribution in [1.29, 1.82) is 0 Å². The first-order valence-corrected chi connectivity index (χ1v) is 7.32. The van der Waals surface area contributed by atoms with Crippen LogP contribution in [-0.2, 0) is 11.7 Å². The molecule has 1 aliphatic rings. The Hall–Kier alpha value is -1.80. The van der Waals surface area contributed by atoms with Gasteiger partial charge in [-0.3, -0.25) is 0 Å². The van der Waals surface area contributed by atoms with Crippen molar-refractivity contribution in [3.63, 3.8) is 0 Å². The summed E-state index contributed by atoms with van der Waals surface area (Å²) in [5.41, 5.74) is 2.24. The first kappa shape index (κ1) is 14.6. The highest BCUT2D eigenvalue weighted by atomic mass is 16.3. The summed E-state index contributed by atoms with van der Waals surface area (Å²) >= 11 is 0. The third-order valence-corrected chi connectivity index (χ3v) is 3.49. The standard InChI is InChI=1S/C11H15N.C7H7O/c1-3-7-11(8-4-1)12-9-5-2-6-10-12;8-6-7-4-2-1-3-5-7/h1,3-4,7-8H,2,5-6,9-10H2;1-5H,6H2. The molecule has 0 saturated carbocycles. The van der Waals surface area contributed by atoms with Crippen LogP contribution in [0.4, 0.5) is 5.69 Å². The molecule has 0 amide bonds. The average molecular weight is 268 g/mol. The van der Waals surface area contributed by atoms with E-state index >= 15 is 0 Å². The number of nitrogens with zero attached hydrogens (tertiary/aromatic N) is 1. The zero-order valence-electron chi connectivity index (χ0n) is 11.9. The number of para-hydroxylation sites is 1. The molecule has 3 rings (SSSR count). The van der Waals surface area contributed by atoms with E-state index in [0.717, 1.165) is 5.56 Å². The largest absolute Gasteiger partial charge is 0.372 e. The summed E-state index contributed by atoms with van der Waals surface area (Å²) in [6, 6.07) is 20.0. The quantitative estimate of drug-likeness (QED) is 0.796. The molecule has 1 fully saturated rings. The molecule has 2 nitrogen and oxygen atoms in total. The van der Waals surface area contributed by atoms with Crippen molar-refractivity contribution in [3.05, 3.63) is 66.2 Å². The molecule has 0 aliphatic carbocycles. The second-order valence-corrected chi connectivity index (χ2v) is 5.01. The summed E-state index contributed by atoms with van der Waals surface area (Å²) in [5.74, 6) is 0. The van der Waals surface area contributed by atoms with Crippen molar-refractivity contribution in [3.8, 4) is 0 Å². The van der Waals surface area contributed by atoms with Gasteiger partial charge in [-0.2, -0.15) is 0 Å².